The second-order valence-electron chi connectivity index (χ2n) is 8.45. The van der Waals surface area contributed by atoms with Gasteiger partial charge < -0.3 is 4.90 Å². The highest BCUT2D eigenvalue weighted by Gasteiger charge is 2.30. The van der Waals surface area contributed by atoms with Crippen LogP contribution in [0, 0.1) is 0 Å². The quantitative estimate of drug-likeness (QED) is 0.727. The van der Waals surface area contributed by atoms with Crippen molar-refractivity contribution in [2.24, 2.45) is 0 Å². The van der Waals surface area contributed by atoms with E-state index < -0.39 is 0 Å². The van der Waals surface area contributed by atoms with Crippen LogP contribution in [0.5, 0.6) is 0 Å². The lowest BCUT2D eigenvalue weighted by Gasteiger charge is -2.40. The lowest BCUT2D eigenvalue weighted by atomic mass is 9.95. The molecular weight excluding hydrogens is 372 g/mol. The molecule has 3 heterocycles. The van der Waals surface area contributed by atoms with Gasteiger partial charge in [-0.1, -0.05) is 54.6 Å². The van der Waals surface area contributed by atoms with Gasteiger partial charge in [-0.3, -0.25) is 14.8 Å². The first-order valence-corrected chi connectivity index (χ1v) is 10.9. The zero-order chi connectivity index (χ0) is 20.3. The van der Waals surface area contributed by atoms with Crippen LogP contribution in [0.2, 0.25) is 0 Å². The Labute approximate surface area is 177 Å². The molecule has 5 heteroatoms. The van der Waals surface area contributed by atoms with E-state index in [1.165, 1.54) is 16.7 Å². The van der Waals surface area contributed by atoms with Gasteiger partial charge in [0.15, 0.2) is 0 Å². The molecule has 2 aliphatic rings. The highest BCUT2D eigenvalue weighted by molar-refractivity contribution is 5.92. The Morgan fingerprint density at radius 1 is 0.967 bits per heavy atom. The van der Waals surface area contributed by atoms with Crippen LogP contribution in [0.1, 0.15) is 45.7 Å². The van der Waals surface area contributed by atoms with Gasteiger partial charge in [-0.15, -0.1) is 0 Å². The minimum Gasteiger partial charge on any atom is -0.337 e. The number of nitrogens with zero attached hydrogens (tertiary/aromatic N) is 3. The largest absolute Gasteiger partial charge is 0.337 e. The Balaban J connectivity index is 1.17. The number of carbonyl (C=O) groups is 1. The van der Waals surface area contributed by atoms with Crippen LogP contribution in [0.15, 0.2) is 60.7 Å². The lowest BCUT2D eigenvalue weighted by Crippen LogP contribution is -2.48. The van der Waals surface area contributed by atoms with E-state index in [9.17, 15) is 4.79 Å². The maximum Gasteiger partial charge on any atom is 0.274 e. The number of aromatic amines is 1. The number of piperidine rings is 1. The zero-order valence-corrected chi connectivity index (χ0v) is 17.3. The number of fused-ring (bicyclic) bond motifs is 1. The average Bonchev–Trinajstić information content (AvgIpc) is 3.27. The fourth-order valence-corrected chi connectivity index (χ4v) is 4.80. The summed E-state index contributed by atoms with van der Waals surface area (Å²) in [7, 11) is 0. The smallest absolute Gasteiger partial charge is 0.274 e. The van der Waals surface area contributed by atoms with E-state index in [1.54, 1.807) is 0 Å². The molecule has 1 aromatic heterocycles. The molecule has 5 rings (SSSR count). The summed E-state index contributed by atoms with van der Waals surface area (Å²) in [6.07, 6.45) is 3.97. The maximum atomic E-state index is 12.9. The number of hydrogen-bond donors (Lipinski definition) is 1. The standard InChI is InChI=1S/C25H28N4O/c30-25(24-17-22(26-27-24)16-19-6-2-1-3-7-19)28-14-11-23(12-15-28)29-13-10-20-8-4-5-9-21(20)18-29/h1-9,17,23H,10-16,18H2,(H,26,27). The van der Waals surface area contributed by atoms with E-state index >= 15 is 0 Å². The topological polar surface area (TPSA) is 52.2 Å². The van der Waals surface area contributed by atoms with Gasteiger partial charge in [0, 0.05) is 44.3 Å². The first-order valence-electron chi connectivity index (χ1n) is 10.9. The molecule has 3 aromatic rings. The Kier molecular flexibility index (Phi) is 5.37. The third-order valence-corrected chi connectivity index (χ3v) is 6.52. The van der Waals surface area contributed by atoms with Gasteiger partial charge >= 0.3 is 0 Å². The summed E-state index contributed by atoms with van der Waals surface area (Å²) < 4.78 is 0. The summed E-state index contributed by atoms with van der Waals surface area (Å²) in [4.78, 5) is 17.5. The Bertz CT molecular complexity index is 1000. The Morgan fingerprint density at radius 2 is 1.70 bits per heavy atom. The summed E-state index contributed by atoms with van der Waals surface area (Å²) in [6.45, 7) is 3.78. The van der Waals surface area contributed by atoms with Gasteiger partial charge in [0.2, 0.25) is 0 Å². The highest BCUT2D eigenvalue weighted by Crippen LogP contribution is 2.25. The minimum atomic E-state index is 0.0491. The summed E-state index contributed by atoms with van der Waals surface area (Å²) in [5.74, 6) is 0.0491. The van der Waals surface area contributed by atoms with Crippen molar-refractivity contribution in [3.8, 4) is 0 Å². The number of nitrogens with one attached hydrogen (secondary N) is 1. The number of benzene rings is 2. The molecule has 0 unspecified atom stereocenters. The number of likely N-dealkylation sites (tertiary alicyclic amines) is 1. The molecule has 0 aliphatic carbocycles. The van der Waals surface area contributed by atoms with E-state index in [0.29, 0.717) is 11.7 Å². The van der Waals surface area contributed by atoms with Crippen LogP contribution in [-0.4, -0.2) is 51.6 Å². The van der Waals surface area contributed by atoms with Crippen LogP contribution < -0.4 is 0 Å². The van der Waals surface area contributed by atoms with Gasteiger partial charge in [-0.25, -0.2) is 0 Å². The van der Waals surface area contributed by atoms with Crippen molar-refractivity contribution >= 4 is 5.91 Å². The SMILES string of the molecule is O=C(c1cc(Cc2ccccc2)[nH]n1)N1CCC(N2CCc3ccccc3C2)CC1. The molecule has 0 bridgehead atoms. The number of aromatic nitrogens is 2. The van der Waals surface area contributed by atoms with Crippen molar-refractivity contribution in [1.29, 1.82) is 0 Å². The molecule has 30 heavy (non-hydrogen) atoms. The molecule has 154 valence electrons. The molecule has 0 saturated carbocycles. The molecule has 0 radical (unpaired) electrons. The number of rotatable bonds is 4. The van der Waals surface area contributed by atoms with Crippen molar-refractivity contribution in [1.82, 2.24) is 20.0 Å². The Hall–Kier alpha value is -2.92. The molecule has 0 atom stereocenters. The molecular formula is C25H28N4O. The van der Waals surface area contributed by atoms with Crippen LogP contribution in [0.4, 0.5) is 0 Å². The van der Waals surface area contributed by atoms with Crippen molar-refractivity contribution in [3.05, 3.63) is 88.7 Å². The first kappa shape index (κ1) is 19.1. The van der Waals surface area contributed by atoms with Gasteiger partial charge in [-0.05, 0) is 42.0 Å². The monoisotopic (exact) mass is 400 g/mol. The minimum absolute atomic E-state index is 0.0491. The van der Waals surface area contributed by atoms with Gasteiger partial charge in [0.05, 0.1) is 0 Å². The molecule has 1 fully saturated rings. The average molecular weight is 401 g/mol. The van der Waals surface area contributed by atoms with Gasteiger partial charge in [-0.2, -0.15) is 5.10 Å². The second kappa shape index (κ2) is 8.44. The molecule has 2 aliphatic heterocycles. The summed E-state index contributed by atoms with van der Waals surface area (Å²) >= 11 is 0. The van der Waals surface area contributed by atoms with Crippen LogP contribution in [-0.2, 0) is 19.4 Å². The predicted molar refractivity (Wildman–Crippen MR) is 117 cm³/mol. The van der Waals surface area contributed by atoms with Crippen molar-refractivity contribution in [2.45, 2.75) is 38.3 Å². The number of amides is 1. The third-order valence-electron chi connectivity index (χ3n) is 6.52. The van der Waals surface area contributed by atoms with Gasteiger partial charge in [0.1, 0.15) is 5.69 Å². The number of H-pyrrole nitrogens is 1. The summed E-state index contributed by atoms with van der Waals surface area (Å²) in [5, 5.41) is 7.33. The predicted octanol–water partition coefficient (Wildman–Crippen LogP) is 3.66. The lowest BCUT2D eigenvalue weighted by molar-refractivity contribution is 0.0594. The fraction of sp³-hybridized carbons (Fsp3) is 0.360. The molecule has 1 N–H and O–H groups in total. The van der Waals surface area contributed by atoms with Crippen molar-refractivity contribution < 1.29 is 4.79 Å². The molecule has 5 nitrogen and oxygen atoms in total. The number of hydrogen-bond acceptors (Lipinski definition) is 3. The van der Waals surface area contributed by atoms with E-state index in [1.807, 2.05) is 29.2 Å². The van der Waals surface area contributed by atoms with Crippen LogP contribution in [0.3, 0.4) is 0 Å². The van der Waals surface area contributed by atoms with Crippen molar-refractivity contribution in [3.63, 3.8) is 0 Å². The maximum absolute atomic E-state index is 12.9. The van der Waals surface area contributed by atoms with E-state index in [4.69, 9.17) is 0 Å². The Morgan fingerprint density at radius 3 is 2.50 bits per heavy atom. The highest BCUT2D eigenvalue weighted by atomic mass is 16.2. The van der Waals surface area contributed by atoms with Crippen LogP contribution in [0.25, 0.3) is 0 Å². The van der Waals surface area contributed by atoms with Crippen molar-refractivity contribution in [2.75, 3.05) is 19.6 Å². The molecule has 1 amide bonds. The third kappa shape index (κ3) is 4.03. The summed E-state index contributed by atoms with van der Waals surface area (Å²) in [6, 6.07) is 21.5. The molecule has 2 aromatic carbocycles. The number of carbonyl (C=O) groups excluding carboxylic acids is 1. The molecule has 0 spiro atoms. The fourth-order valence-electron chi connectivity index (χ4n) is 4.80. The zero-order valence-electron chi connectivity index (χ0n) is 17.3. The second-order valence-corrected chi connectivity index (χ2v) is 8.45. The van der Waals surface area contributed by atoms with E-state index in [0.717, 1.165) is 57.6 Å². The van der Waals surface area contributed by atoms with E-state index in [-0.39, 0.29) is 5.91 Å². The van der Waals surface area contributed by atoms with E-state index in [2.05, 4.69) is 51.5 Å². The molecule has 1 saturated heterocycles. The normalized spacial score (nSPS) is 17.7. The first-order chi connectivity index (χ1) is 14.8. The van der Waals surface area contributed by atoms with Crippen LogP contribution >= 0.6 is 0 Å². The summed E-state index contributed by atoms with van der Waals surface area (Å²) in [5.41, 5.74) is 5.68. The van der Waals surface area contributed by atoms with Gasteiger partial charge in [0.25, 0.3) is 5.91 Å².